The zero-order valence-corrected chi connectivity index (χ0v) is 22.4. The van der Waals surface area contributed by atoms with Crippen LogP contribution in [0.1, 0.15) is 58.9 Å². The molecule has 0 aromatic heterocycles. The van der Waals surface area contributed by atoms with Crippen LogP contribution < -0.4 is 5.32 Å². The number of fused-ring (bicyclic) bond motifs is 1. The standard InChI is InChI=1S/C27H37ClN2O6/c1-6-15(4)18(14-31)30-22(23(32)29-21-16(5)10-9-11-17(21)28)27-13-12-26(7-2,36-27)20(19(27)24(30)33)25(34)35-8-3/h9-11,15,18-20,22,31H,6-8,12-14H2,1-5H3,(H,29,32)/t15-,18-,19-,20-,22?,26+,27?/m0/s1. The summed E-state index contributed by atoms with van der Waals surface area (Å²) in [7, 11) is 0. The van der Waals surface area contributed by atoms with Gasteiger partial charge in [0.1, 0.15) is 17.6 Å². The van der Waals surface area contributed by atoms with Gasteiger partial charge in [-0.15, -0.1) is 0 Å². The Kier molecular flexibility index (Phi) is 7.43. The molecule has 1 spiro atoms. The van der Waals surface area contributed by atoms with Crippen LogP contribution in [0.25, 0.3) is 0 Å². The second kappa shape index (κ2) is 9.95. The van der Waals surface area contributed by atoms with Crippen molar-refractivity contribution < 1.29 is 29.0 Å². The van der Waals surface area contributed by atoms with Gasteiger partial charge in [-0.25, -0.2) is 0 Å². The molecule has 0 saturated carbocycles. The van der Waals surface area contributed by atoms with Crippen LogP contribution in [0.2, 0.25) is 5.02 Å². The molecule has 8 nitrogen and oxygen atoms in total. The van der Waals surface area contributed by atoms with Crippen LogP contribution in [0.4, 0.5) is 5.69 Å². The first-order valence-corrected chi connectivity index (χ1v) is 13.4. The van der Waals surface area contributed by atoms with Crippen LogP contribution in [0.5, 0.6) is 0 Å². The fraction of sp³-hybridized carbons (Fsp3) is 0.667. The van der Waals surface area contributed by atoms with Gasteiger partial charge in [-0.2, -0.15) is 0 Å². The maximum Gasteiger partial charge on any atom is 0.312 e. The van der Waals surface area contributed by atoms with Gasteiger partial charge in [0.15, 0.2) is 0 Å². The fourth-order valence-electron chi connectivity index (χ4n) is 6.70. The third kappa shape index (κ3) is 3.84. The molecule has 3 aliphatic rings. The first-order chi connectivity index (χ1) is 17.1. The Morgan fingerprint density at radius 3 is 2.61 bits per heavy atom. The van der Waals surface area contributed by atoms with E-state index >= 15 is 0 Å². The molecule has 1 aromatic rings. The number of esters is 1. The first-order valence-electron chi connectivity index (χ1n) is 13.0. The summed E-state index contributed by atoms with van der Waals surface area (Å²) in [5, 5.41) is 13.7. The van der Waals surface area contributed by atoms with Crippen LogP contribution in [-0.2, 0) is 23.9 Å². The summed E-state index contributed by atoms with van der Waals surface area (Å²) in [4.78, 5) is 43.0. The van der Waals surface area contributed by atoms with Crippen molar-refractivity contribution in [1.82, 2.24) is 4.90 Å². The third-order valence-corrected chi connectivity index (χ3v) is 9.04. The Labute approximate surface area is 217 Å². The van der Waals surface area contributed by atoms with Gasteiger partial charge in [-0.05, 0) is 50.7 Å². The zero-order chi connectivity index (χ0) is 26.4. The number of halogens is 1. The van der Waals surface area contributed by atoms with E-state index in [4.69, 9.17) is 21.1 Å². The van der Waals surface area contributed by atoms with Crippen molar-refractivity contribution in [3.63, 3.8) is 0 Å². The largest absolute Gasteiger partial charge is 0.466 e. The first kappa shape index (κ1) is 26.9. The molecule has 36 heavy (non-hydrogen) atoms. The number of carbonyl (C=O) groups is 3. The average molecular weight is 521 g/mol. The van der Waals surface area contributed by atoms with Crippen LogP contribution >= 0.6 is 11.6 Å². The van der Waals surface area contributed by atoms with Crippen LogP contribution in [0.3, 0.4) is 0 Å². The number of amides is 2. The van der Waals surface area contributed by atoms with E-state index in [9.17, 15) is 19.5 Å². The SMILES string of the molecule is CCOC(=O)[C@@H]1[C@H]2C(=O)N([C@@H](CO)[C@@H](C)CC)C(C(=O)Nc3c(C)cccc3Cl)C23CC[C@@]1(CC)O3. The number of hydrogen-bond donors (Lipinski definition) is 2. The molecule has 3 aliphatic heterocycles. The van der Waals surface area contributed by atoms with E-state index in [0.29, 0.717) is 36.4 Å². The van der Waals surface area contributed by atoms with Gasteiger partial charge >= 0.3 is 5.97 Å². The molecular weight excluding hydrogens is 484 g/mol. The number of rotatable bonds is 9. The summed E-state index contributed by atoms with van der Waals surface area (Å²) >= 11 is 6.41. The van der Waals surface area contributed by atoms with E-state index in [1.165, 1.54) is 4.90 Å². The molecule has 9 heteroatoms. The lowest BCUT2D eigenvalue weighted by atomic mass is 9.65. The quantitative estimate of drug-likeness (QED) is 0.481. The lowest BCUT2D eigenvalue weighted by Gasteiger charge is -2.39. The molecule has 1 aromatic carbocycles. The lowest BCUT2D eigenvalue weighted by molar-refractivity contribution is -0.162. The second-order valence-electron chi connectivity index (χ2n) is 10.4. The van der Waals surface area contributed by atoms with Gasteiger partial charge in [0.2, 0.25) is 11.8 Å². The molecule has 2 bridgehead atoms. The number of para-hydroxylation sites is 1. The molecule has 4 rings (SSSR count). The van der Waals surface area contributed by atoms with Crippen molar-refractivity contribution in [1.29, 1.82) is 0 Å². The molecule has 3 fully saturated rings. The number of nitrogens with one attached hydrogen (secondary N) is 1. The molecule has 2 N–H and O–H groups in total. The number of likely N-dealkylation sites (tertiary alicyclic amines) is 1. The zero-order valence-electron chi connectivity index (χ0n) is 21.7. The van der Waals surface area contributed by atoms with Crippen molar-refractivity contribution in [2.75, 3.05) is 18.5 Å². The predicted molar refractivity (Wildman–Crippen MR) is 135 cm³/mol. The minimum atomic E-state index is -1.19. The summed E-state index contributed by atoms with van der Waals surface area (Å²) in [6, 6.07) is 3.71. The van der Waals surface area contributed by atoms with Gasteiger partial charge in [-0.1, -0.05) is 50.9 Å². The highest BCUT2D eigenvalue weighted by atomic mass is 35.5. The van der Waals surface area contributed by atoms with Crippen LogP contribution in [0, 0.1) is 24.7 Å². The Bertz CT molecular complexity index is 1030. The van der Waals surface area contributed by atoms with Crippen LogP contribution in [0.15, 0.2) is 18.2 Å². The van der Waals surface area contributed by atoms with E-state index < -0.39 is 47.0 Å². The maximum atomic E-state index is 14.2. The third-order valence-electron chi connectivity index (χ3n) is 8.72. The van der Waals surface area contributed by atoms with Crippen molar-refractivity contribution in [2.45, 2.75) is 83.6 Å². The maximum absolute atomic E-state index is 14.2. The lowest BCUT2D eigenvalue weighted by Crippen LogP contribution is -2.57. The number of hydrogen-bond acceptors (Lipinski definition) is 6. The number of anilines is 1. The topological polar surface area (TPSA) is 105 Å². The minimum Gasteiger partial charge on any atom is -0.466 e. The highest BCUT2D eigenvalue weighted by molar-refractivity contribution is 6.34. The summed E-state index contributed by atoms with van der Waals surface area (Å²) in [6.45, 7) is 9.32. The van der Waals surface area contributed by atoms with Gasteiger partial charge in [-0.3, -0.25) is 14.4 Å². The van der Waals surface area contributed by atoms with Gasteiger partial charge in [0.25, 0.3) is 0 Å². The van der Waals surface area contributed by atoms with Crippen LogP contribution in [-0.4, -0.2) is 64.3 Å². The summed E-state index contributed by atoms with van der Waals surface area (Å²) in [5.74, 6) is -2.97. The minimum absolute atomic E-state index is 0.0788. The molecule has 3 heterocycles. The van der Waals surface area contributed by atoms with Crippen molar-refractivity contribution in [3.8, 4) is 0 Å². The average Bonchev–Trinajstić information content (AvgIpc) is 3.46. The number of nitrogens with zero attached hydrogens (tertiary/aromatic N) is 1. The normalized spacial score (nSPS) is 32.4. The second-order valence-corrected chi connectivity index (χ2v) is 10.8. The Hall–Kier alpha value is -2.16. The molecule has 7 atom stereocenters. The molecule has 3 saturated heterocycles. The Morgan fingerprint density at radius 1 is 1.31 bits per heavy atom. The fourth-order valence-corrected chi connectivity index (χ4v) is 6.97. The van der Waals surface area contributed by atoms with E-state index in [1.807, 2.05) is 33.8 Å². The van der Waals surface area contributed by atoms with Crippen molar-refractivity contribution in [2.24, 2.45) is 17.8 Å². The molecule has 198 valence electrons. The Balaban J connectivity index is 1.84. The van der Waals surface area contributed by atoms with E-state index in [-0.39, 0.29) is 25.0 Å². The van der Waals surface area contributed by atoms with Crippen molar-refractivity contribution in [3.05, 3.63) is 28.8 Å². The summed E-state index contributed by atoms with van der Waals surface area (Å²) < 4.78 is 12.1. The monoisotopic (exact) mass is 520 g/mol. The smallest absolute Gasteiger partial charge is 0.312 e. The number of carbonyl (C=O) groups excluding carboxylic acids is 3. The molecule has 2 amide bonds. The van der Waals surface area contributed by atoms with Gasteiger partial charge < -0.3 is 24.8 Å². The number of ether oxygens (including phenoxy) is 2. The van der Waals surface area contributed by atoms with Gasteiger partial charge in [0, 0.05) is 0 Å². The summed E-state index contributed by atoms with van der Waals surface area (Å²) in [5.41, 5.74) is -0.791. The highest BCUT2D eigenvalue weighted by Gasteiger charge is 2.79. The number of aliphatic hydroxyl groups is 1. The molecule has 0 radical (unpaired) electrons. The van der Waals surface area contributed by atoms with E-state index in [1.54, 1.807) is 19.1 Å². The molecule has 2 unspecified atom stereocenters. The van der Waals surface area contributed by atoms with E-state index in [2.05, 4.69) is 5.32 Å². The molecule has 0 aliphatic carbocycles. The number of benzene rings is 1. The Morgan fingerprint density at radius 2 is 2.03 bits per heavy atom. The van der Waals surface area contributed by atoms with E-state index in [0.717, 1.165) is 5.56 Å². The predicted octanol–water partition coefficient (Wildman–Crippen LogP) is 3.71. The summed E-state index contributed by atoms with van der Waals surface area (Å²) in [6.07, 6.45) is 2.23. The number of aliphatic hydroxyl groups excluding tert-OH is 1. The van der Waals surface area contributed by atoms with Gasteiger partial charge in [0.05, 0.1) is 41.5 Å². The number of aryl methyl sites for hydroxylation is 1. The molecular formula is C27H37ClN2O6. The highest BCUT2D eigenvalue weighted by Crippen LogP contribution is 2.65. The van der Waals surface area contributed by atoms with Crippen molar-refractivity contribution >= 4 is 35.1 Å².